The molecule has 6 nitrogen and oxygen atoms in total. The molecule has 0 radical (unpaired) electrons. The first kappa shape index (κ1) is 13.2. The van der Waals surface area contributed by atoms with Gasteiger partial charge in [0.25, 0.3) is 0 Å². The van der Waals surface area contributed by atoms with Gasteiger partial charge in [0.2, 0.25) is 5.91 Å². The van der Waals surface area contributed by atoms with E-state index in [0.717, 1.165) is 5.69 Å². The second kappa shape index (κ2) is 6.67. The molecule has 0 fully saturated rings. The van der Waals surface area contributed by atoms with Gasteiger partial charge >= 0.3 is 5.97 Å². The molecule has 94 valence electrons. The molecule has 1 amide bonds. The van der Waals surface area contributed by atoms with Crippen molar-refractivity contribution in [1.29, 1.82) is 0 Å². The minimum Gasteiger partial charge on any atom is -0.469 e. The van der Waals surface area contributed by atoms with E-state index in [2.05, 4.69) is 14.9 Å². The third kappa shape index (κ3) is 4.67. The van der Waals surface area contributed by atoms with Gasteiger partial charge in [0.15, 0.2) is 0 Å². The quantitative estimate of drug-likeness (QED) is 0.727. The van der Waals surface area contributed by atoms with Crippen LogP contribution in [0.5, 0.6) is 0 Å². The van der Waals surface area contributed by atoms with Crippen LogP contribution < -0.4 is 0 Å². The number of nitrogens with one attached hydrogen (secondary N) is 1. The second-order valence-corrected chi connectivity index (χ2v) is 3.75. The topological polar surface area (TPSA) is 75.3 Å². The molecule has 1 heterocycles. The van der Waals surface area contributed by atoms with Gasteiger partial charge < -0.3 is 9.64 Å². The fraction of sp³-hybridized carbons (Fsp3) is 0.545. The average molecular weight is 239 g/mol. The highest BCUT2D eigenvalue weighted by Gasteiger charge is 2.10. The van der Waals surface area contributed by atoms with E-state index in [1.807, 2.05) is 0 Å². The van der Waals surface area contributed by atoms with Gasteiger partial charge in [-0.05, 0) is 12.5 Å². The largest absolute Gasteiger partial charge is 0.469 e. The molecule has 0 saturated carbocycles. The SMILES string of the molecule is COC(=O)CCCN(C)C(=O)Cc1ccn[nH]1. The molecule has 0 unspecified atom stereocenters. The molecule has 0 atom stereocenters. The van der Waals surface area contributed by atoms with Gasteiger partial charge in [0.05, 0.1) is 13.5 Å². The first-order valence-corrected chi connectivity index (χ1v) is 5.42. The van der Waals surface area contributed by atoms with Crippen LogP contribution in [0.15, 0.2) is 12.3 Å². The molecule has 1 aromatic heterocycles. The summed E-state index contributed by atoms with van der Waals surface area (Å²) in [5.74, 6) is -0.251. The molecular weight excluding hydrogens is 222 g/mol. The first-order valence-electron chi connectivity index (χ1n) is 5.42. The number of likely N-dealkylation sites (N-methyl/N-ethyl adjacent to an activating group) is 1. The van der Waals surface area contributed by atoms with Gasteiger partial charge in [0, 0.05) is 31.9 Å². The van der Waals surface area contributed by atoms with Crippen LogP contribution in [0.1, 0.15) is 18.5 Å². The first-order chi connectivity index (χ1) is 8.13. The zero-order valence-electron chi connectivity index (χ0n) is 10.1. The van der Waals surface area contributed by atoms with Crippen LogP contribution in [0, 0.1) is 0 Å². The number of carbonyl (C=O) groups is 2. The summed E-state index contributed by atoms with van der Waals surface area (Å²) in [4.78, 5) is 24.2. The molecule has 0 aliphatic heterocycles. The van der Waals surface area contributed by atoms with E-state index in [0.29, 0.717) is 25.8 Å². The lowest BCUT2D eigenvalue weighted by atomic mass is 10.2. The third-order valence-corrected chi connectivity index (χ3v) is 2.43. The van der Waals surface area contributed by atoms with Crippen molar-refractivity contribution in [3.8, 4) is 0 Å². The molecule has 0 saturated heterocycles. The maximum atomic E-state index is 11.7. The Balaban J connectivity index is 2.25. The third-order valence-electron chi connectivity index (χ3n) is 2.43. The zero-order valence-corrected chi connectivity index (χ0v) is 10.1. The van der Waals surface area contributed by atoms with Crippen LogP contribution in [-0.2, 0) is 20.7 Å². The number of hydrogen-bond donors (Lipinski definition) is 1. The zero-order chi connectivity index (χ0) is 12.7. The van der Waals surface area contributed by atoms with E-state index in [1.54, 1.807) is 24.2 Å². The normalized spacial score (nSPS) is 10.0. The molecule has 0 spiro atoms. The Morgan fingerprint density at radius 1 is 1.53 bits per heavy atom. The second-order valence-electron chi connectivity index (χ2n) is 3.75. The minimum atomic E-state index is -0.251. The van der Waals surface area contributed by atoms with E-state index in [1.165, 1.54) is 7.11 Å². The predicted molar refractivity (Wildman–Crippen MR) is 61.2 cm³/mol. The smallest absolute Gasteiger partial charge is 0.305 e. The lowest BCUT2D eigenvalue weighted by Gasteiger charge is -2.16. The number of H-pyrrole nitrogens is 1. The number of aromatic nitrogens is 2. The van der Waals surface area contributed by atoms with Crippen LogP contribution in [0.25, 0.3) is 0 Å². The Bertz CT molecular complexity index is 362. The van der Waals surface area contributed by atoms with Crippen LogP contribution in [0.2, 0.25) is 0 Å². The number of ether oxygens (including phenoxy) is 1. The highest BCUT2D eigenvalue weighted by atomic mass is 16.5. The lowest BCUT2D eigenvalue weighted by Crippen LogP contribution is -2.29. The lowest BCUT2D eigenvalue weighted by molar-refractivity contribution is -0.141. The summed E-state index contributed by atoms with van der Waals surface area (Å²) in [7, 11) is 3.07. The minimum absolute atomic E-state index is 0.000819. The van der Waals surface area contributed by atoms with Gasteiger partial charge in [-0.1, -0.05) is 0 Å². The number of methoxy groups -OCH3 is 1. The highest BCUT2D eigenvalue weighted by Crippen LogP contribution is 2.00. The van der Waals surface area contributed by atoms with Gasteiger partial charge in [0.1, 0.15) is 0 Å². The van der Waals surface area contributed by atoms with E-state index in [4.69, 9.17) is 0 Å². The summed E-state index contributed by atoms with van der Waals surface area (Å²) in [5, 5.41) is 6.51. The summed E-state index contributed by atoms with van der Waals surface area (Å²) < 4.78 is 4.52. The van der Waals surface area contributed by atoms with E-state index in [-0.39, 0.29) is 11.9 Å². The Labute approximate surface area is 99.9 Å². The van der Waals surface area contributed by atoms with Crippen LogP contribution >= 0.6 is 0 Å². The molecule has 0 bridgehead atoms. The molecule has 6 heteroatoms. The number of amides is 1. The number of rotatable bonds is 6. The van der Waals surface area contributed by atoms with Crippen molar-refractivity contribution in [2.45, 2.75) is 19.3 Å². The maximum absolute atomic E-state index is 11.7. The molecule has 0 aliphatic rings. The van der Waals surface area contributed by atoms with Gasteiger partial charge in [-0.3, -0.25) is 14.7 Å². The van der Waals surface area contributed by atoms with Crippen LogP contribution in [0.4, 0.5) is 0 Å². The Morgan fingerprint density at radius 2 is 2.29 bits per heavy atom. The fourth-order valence-corrected chi connectivity index (χ4v) is 1.37. The number of nitrogens with zero attached hydrogens (tertiary/aromatic N) is 2. The Hall–Kier alpha value is -1.85. The number of hydrogen-bond acceptors (Lipinski definition) is 4. The molecule has 1 N–H and O–H groups in total. The Kier molecular flexibility index (Phi) is 5.19. The molecular formula is C11H17N3O3. The molecule has 1 aromatic rings. The van der Waals surface area contributed by atoms with Crippen molar-refractivity contribution >= 4 is 11.9 Å². The summed E-state index contributed by atoms with van der Waals surface area (Å²) in [6.45, 7) is 0.544. The van der Waals surface area contributed by atoms with E-state index < -0.39 is 0 Å². The number of aromatic amines is 1. The average Bonchev–Trinajstić information content (AvgIpc) is 2.81. The molecule has 0 aliphatic carbocycles. The van der Waals surface area contributed by atoms with Gasteiger partial charge in [-0.15, -0.1) is 0 Å². The summed E-state index contributed by atoms with van der Waals surface area (Å²) in [6.07, 6.45) is 2.85. The van der Waals surface area contributed by atoms with Crippen molar-refractivity contribution in [2.75, 3.05) is 20.7 Å². The number of esters is 1. The van der Waals surface area contributed by atoms with Crippen molar-refractivity contribution in [2.24, 2.45) is 0 Å². The summed E-state index contributed by atoms with van der Waals surface area (Å²) in [6, 6.07) is 1.76. The van der Waals surface area contributed by atoms with Crippen molar-refractivity contribution in [3.63, 3.8) is 0 Å². The van der Waals surface area contributed by atoms with E-state index in [9.17, 15) is 9.59 Å². The number of carbonyl (C=O) groups excluding carboxylic acids is 2. The van der Waals surface area contributed by atoms with Gasteiger partial charge in [-0.2, -0.15) is 5.10 Å². The summed E-state index contributed by atoms with van der Waals surface area (Å²) >= 11 is 0. The summed E-state index contributed by atoms with van der Waals surface area (Å²) in [5.41, 5.74) is 0.787. The Morgan fingerprint density at radius 3 is 2.88 bits per heavy atom. The van der Waals surface area contributed by atoms with Crippen molar-refractivity contribution < 1.29 is 14.3 Å². The standard InChI is InChI=1S/C11H17N3O3/c1-14(7-3-4-11(16)17-2)10(15)8-9-5-6-12-13-9/h5-6H,3-4,7-8H2,1-2H3,(H,12,13). The molecule has 1 rings (SSSR count). The fourth-order valence-electron chi connectivity index (χ4n) is 1.37. The van der Waals surface area contributed by atoms with Crippen molar-refractivity contribution in [1.82, 2.24) is 15.1 Å². The highest BCUT2D eigenvalue weighted by molar-refractivity contribution is 5.78. The molecule has 0 aromatic carbocycles. The monoisotopic (exact) mass is 239 g/mol. The van der Waals surface area contributed by atoms with Crippen LogP contribution in [0.3, 0.4) is 0 Å². The van der Waals surface area contributed by atoms with Crippen molar-refractivity contribution in [3.05, 3.63) is 18.0 Å². The maximum Gasteiger partial charge on any atom is 0.305 e. The predicted octanol–water partition coefficient (Wildman–Crippen LogP) is 0.364. The molecule has 17 heavy (non-hydrogen) atoms. The van der Waals surface area contributed by atoms with Gasteiger partial charge in [-0.25, -0.2) is 0 Å². The van der Waals surface area contributed by atoms with E-state index >= 15 is 0 Å². The van der Waals surface area contributed by atoms with Crippen LogP contribution in [-0.4, -0.2) is 47.7 Å².